The van der Waals surface area contributed by atoms with E-state index in [9.17, 15) is 9.59 Å². The van der Waals surface area contributed by atoms with Crippen molar-refractivity contribution in [1.82, 2.24) is 10.3 Å². The minimum Gasteiger partial charge on any atom is -0.326 e. The zero-order valence-electron chi connectivity index (χ0n) is 15.0. The molecule has 0 saturated carbocycles. The van der Waals surface area contributed by atoms with Gasteiger partial charge in [-0.25, -0.2) is 0 Å². The van der Waals surface area contributed by atoms with Crippen LogP contribution in [0.15, 0.2) is 42.7 Å². The van der Waals surface area contributed by atoms with E-state index in [1.54, 1.807) is 30.6 Å². The van der Waals surface area contributed by atoms with Gasteiger partial charge >= 0.3 is 0 Å². The van der Waals surface area contributed by atoms with Crippen molar-refractivity contribution >= 4 is 48.0 Å². The summed E-state index contributed by atoms with van der Waals surface area (Å²) < 4.78 is 0. The molecule has 1 aromatic heterocycles. The van der Waals surface area contributed by atoms with Gasteiger partial charge in [0.15, 0.2) is 0 Å². The lowest BCUT2D eigenvalue weighted by Crippen LogP contribution is -2.27. The molecule has 0 radical (unpaired) electrons. The standard InChI is InChI=1S/C19H22N4O2.2ClH/c1-13-4-5-16(22-18(24)12-15-3-2-8-21-15)11-17(13)23-19(25)14-6-9-20-10-7-14;;/h4-7,9-11,15,21H,2-3,8,12H2,1H3,(H,22,24)(H,23,25);2*1H. The zero-order valence-corrected chi connectivity index (χ0v) is 16.7. The predicted octanol–water partition coefficient (Wildman–Crippen LogP) is 3.57. The van der Waals surface area contributed by atoms with E-state index < -0.39 is 0 Å². The van der Waals surface area contributed by atoms with Crippen molar-refractivity contribution in [2.24, 2.45) is 0 Å². The number of carbonyl (C=O) groups is 2. The van der Waals surface area contributed by atoms with E-state index in [2.05, 4.69) is 20.9 Å². The third-order valence-corrected chi connectivity index (χ3v) is 4.31. The van der Waals surface area contributed by atoms with E-state index >= 15 is 0 Å². The first-order chi connectivity index (χ1) is 12.1. The highest BCUT2D eigenvalue weighted by Gasteiger charge is 2.18. The molecule has 1 aromatic carbocycles. The number of amides is 2. The molecule has 1 fully saturated rings. The summed E-state index contributed by atoms with van der Waals surface area (Å²) in [6.07, 6.45) is 5.78. The molecule has 6 nitrogen and oxygen atoms in total. The first-order valence-electron chi connectivity index (χ1n) is 8.47. The summed E-state index contributed by atoms with van der Waals surface area (Å²) in [5.74, 6) is -0.223. The number of hydrogen-bond acceptors (Lipinski definition) is 4. The number of halogens is 2. The number of rotatable bonds is 5. The lowest BCUT2D eigenvalue weighted by Gasteiger charge is -2.13. The van der Waals surface area contributed by atoms with Crippen LogP contribution in [-0.4, -0.2) is 29.4 Å². The van der Waals surface area contributed by atoms with E-state index in [0.717, 1.165) is 24.9 Å². The van der Waals surface area contributed by atoms with Gasteiger partial charge in [-0.2, -0.15) is 0 Å². The number of anilines is 2. The molecule has 146 valence electrons. The Balaban J connectivity index is 0.00000182. The van der Waals surface area contributed by atoms with E-state index in [1.807, 2.05) is 19.1 Å². The monoisotopic (exact) mass is 410 g/mol. The number of benzene rings is 1. The molecule has 2 heterocycles. The Kier molecular flexibility index (Phi) is 9.21. The van der Waals surface area contributed by atoms with Crippen LogP contribution in [0.3, 0.4) is 0 Å². The van der Waals surface area contributed by atoms with Gasteiger partial charge in [0.1, 0.15) is 0 Å². The second-order valence-corrected chi connectivity index (χ2v) is 6.27. The van der Waals surface area contributed by atoms with Crippen LogP contribution in [0.4, 0.5) is 11.4 Å². The van der Waals surface area contributed by atoms with Gasteiger partial charge in [0.25, 0.3) is 5.91 Å². The Morgan fingerprint density at radius 3 is 2.56 bits per heavy atom. The van der Waals surface area contributed by atoms with E-state index in [0.29, 0.717) is 23.4 Å². The lowest BCUT2D eigenvalue weighted by molar-refractivity contribution is -0.116. The zero-order chi connectivity index (χ0) is 17.6. The fourth-order valence-corrected chi connectivity index (χ4v) is 2.90. The van der Waals surface area contributed by atoms with Crippen LogP contribution in [0.1, 0.15) is 35.2 Å². The van der Waals surface area contributed by atoms with Crippen molar-refractivity contribution in [2.45, 2.75) is 32.2 Å². The minimum absolute atomic E-state index is 0. The van der Waals surface area contributed by atoms with Gasteiger partial charge in [0.05, 0.1) is 0 Å². The molecular formula is C19H24Cl2N4O2. The van der Waals surface area contributed by atoms with Gasteiger partial charge in [-0.1, -0.05) is 6.07 Å². The molecule has 1 unspecified atom stereocenters. The smallest absolute Gasteiger partial charge is 0.255 e. The van der Waals surface area contributed by atoms with E-state index in [4.69, 9.17) is 0 Å². The molecule has 27 heavy (non-hydrogen) atoms. The van der Waals surface area contributed by atoms with Crippen LogP contribution in [-0.2, 0) is 4.79 Å². The Bertz CT molecular complexity index is 766. The quantitative estimate of drug-likeness (QED) is 0.703. The summed E-state index contributed by atoms with van der Waals surface area (Å²) in [5.41, 5.74) is 2.83. The number of pyridine rings is 1. The normalized spacial score (nSPS) is 15.2. The maximum atomic E-state index is 12.3. The van der Waals surface area contributed by atoms with Crippen LogP contribution < -0.4 is 16.0 Å². The molecule has 8 heteroatoms. The molecule has 1 aliphatic rings. The topological polar surface area (TPSA) is 83.1 Å². The van der Waals surface area contributed by atoms with Gasteiger partial charge in [0, 0.05) is 41.8 Å². The SMILES string of the molecule is Cc1ccc(NC(=O)CC2CCCN2)cc1NC(=O)c1ccncc1.Cl.Cl. The summed E-state index contributed by atoms with van der Waals surface area (Å²) in [6.45, 7) is 2.89. The second kappa shape index (κ2) is 10.9. The molecule has 3 N–H and O–H groups in total. The van der Waals surface area contributed by atoms with Crippen molar-refractivity contribution in [3.05, 3.63) is 53.9 Å². The summed E-state index contributed by atoms with van der Waals surface area (Å²) in [6, 6.07) is 9.09. The average Bonchev–Trinajstić information content (AvgIpc) is 3.11. The maximum Gasteiger partial charge on any atom is 0.255 e. The average molecular weight is 411 g/mol. The van der Waals surface area contributed by atoms with E-state index in [1.165, 1.54) is 0 Å². The van der Waals surface area contributed by atoms with Gasteiger partial charge in [-0.3, -0.25) is 14.6 Å². The first kappa shape index (κ1) is 22.9. The van der Waals surface area contributed by atoms with Crippen LogP contribution >= 0.6 is 24.8 Å². The lowest BCUT2D eigenvalue weighted by atomic mass is 10.1. The van der Waals surface area contributed by atoms with Crippen LogP contribution in [0.25, 0.3) is 0 Å². The number of hydrogen-bond donors (Lipinski definition) is 3. The molecule has 1 aliphatic heterocycles. The molecule has 0 spiro atoms. The molecule has 2 amide bonds. The predicted molar refractivity (Wildman–Crippen MR) is 112 cm³/mol. The summed E-state index contributed by atoms with van der Waals surface area (Å²) in [7, 11) is 0. The summed E-state index contributed by atoms with van der Waals surface area (Å²) >= 11 is 0. The highest BCUT2D eigenvalue weighted by atomic mass is 35.5. The molecular weight excluding hydrogens is 387 g/mol. The molecule has 3 rings (SSSR count). The Morgan fingerprint density at radius 1 is 1.15 bits per heavy atom. The molecule has 1 atom stereocenters. The van der Waals surface area contributed by atoms with Gasteiger partial charge < -0.3 is 16.0 Å². The van der Waals surface area contributed by atoms with Crippen molar-refractivity contribution in [1.29, 1.82) is 0 Å². The molecule has 0 bridgehead atoms. The van der Waals surface area contributed by atoms with Crippen molar-refractivity contribution in [3.63, 3.8) is 0 Å². The van der Waals surface area contributed by atoms with E-state index in [-0.39, 0.29) is 42.7 Å². The largest absolute Gasteiger partial charge is 0.326 e. The van der Waals surface area contributed by atoms with Crippen LogP contribution in [0.2, 0.25) is 0 Å². The highest BCUT2D eigenvalue weighted by Crippen LogP contribution is 2.21. The number of nitrogens with one attached hydrogen (secondary N) is 3. The van der Waals surface area contributed by atoms with Crippen molar-refractivity contribution in [3.8, 4) is 0 Å². The third-order valence-electron chi connectivity index (χ3n) is 4.31. The fraction of sp³-hybridized carbons (Fsp3) is 0.316. The summed E-state index contributed by atoms with van der Waals surface area (Å²) in [5, 5.41) is 9.11. The number of aryl methyl sites for hydroxylation is 1. The molecule has 0 aliphatic carbocycles. The van der Waals surface area contributed by atoms with Gasteiger partial charge in [0.2, 0.25) is 5.91 Å². The van der Waals surface area contributed by atoms with Gasteiger partial charge in [-0.15, -0.1) is 24.8 Å². The second-order valence-electron chi connectivity index (χ2n) is 6.27. The van der Waals surface area contributed by atoms with Gasteiger partial charge in [-0.05, 0) is 56.1 Å². The highest BCUT2D eigenvalue weighted by molar-refractivity contribution is 6.05. The van der Waals surface area contributed by atoms with Crippen molar-refractivity contribution in [2.75, 3.05) is 17.2 Å². The molecule has 1 saturated heterocycles. The Hall–Kier alpha value is -2.15. The summed E-state index contributed by atoms with van der Waals surface area (Å²) in [4.78, 5) is 28.4. The molecule has 2 aromatic rings. The Labute approximate surface area is 171 Å². The first-order valence-corrected chi connectivity index (χ1v) is 8.47. The van der Waals surface area contributed by atoms with Crippen molar-refractivity contribution < 1.29 is 9.59 Å². The number of carbonyl (C=O) groups excluding carboxylic acids is 2. The fourth-order valence-electron chi connectivity index (χ4n) is 2.90. The number of aromatic nitrogens is 1. The third kappa shape index (κ3) is 6.50. The number of nitrogens with zero attached hydrogens (tertiary/aromatic N) is 1. The Morgan fingerprint density at radius 2 is 1.89 bits per heavy atom. The van der Waals surface area contributed by atoms with Crippen LogP contribution in [0, 0.1) is 6.92 Å². The minimum atomic E-state index is -0.205. The van der Waals surface area contributed by atoms with Crippen LogP contribution in [0.5, 0.6) is 0 Å². The maximum absolute atomic E-state index is 12.3.